The van der Waals surface area contributed by atoms with Crippen LogP contribution in [-0.4, -0.2) is 96.7 Å². The Hall–Kier alpha value is -1.94. The third-order valence-corrected chi connectivity index (χ3v) is 20.6. The van der Waals surface area contributed by atoms with Gasteiger partial charge in [0, 0.05) is 25.7 Å². The predicted molar refractivity (Wildman–Crippen MR) is 400 cm³/mol. The Bertz CT molecular complexity index is 1920. The van der Waals surface area contributed by atoms with Gasteiger partial charge in [0.2, 0.25) is 0 Å². The van der Waals surface area contributed by atoms with Gasteiger partial charge in [-0.25, -0.2) is 9.13 Å². The lowest BCUT2D eigenvalue weighted by atomic mass is 10.00. The lowest BCUT2D eigenvalue weighted by Gasteiger charge is -2.21. The van der Waals surface area contributed by atoms with Crippen molar-refractivity contribution in [2.45, 2.75) is 420 Å². The molecule has 19 heteroatoms. The molecule has 0 heterocycles. The van der Waals surface area contributed by atoms with E-state index in [1.807, 2.05) is 0 Å². The SMILES string of the molecule is CCC(C)CCCCCCCCC(=O)OC[C@H](COP(=O)(O)OC[C@H](O)COP(=O)(O)OC[C@@H](COC(=O)CCCCCCCCCCCCCCCCCC(C)C)OC(=O)CCCCCCCCCCCCCCCCCCCCC(C)C)OC(=O)CCCCCCCCC(C)C. The molecule has 3 N–H and O–H groups in total. The van der Waals surface area contributed by atoms with Gasteiger partial charge in [0.15, 0.2) is 12.2 Å². The summed E-state index contributed by atoms with van der Waals surface area (Å²) < 4.78 is 68.5. The van der Waals surface area contributed by atoms with Gasteiger partial charge in [-0.05, 0) is 49.4 Å². The maximum atomic E-state index is 13.1. The highest BCUT2D eigenvalue weighted by Crippen LogP contribution is 2.45. The highest BCUT2D eigenvalue weighted by atomic mass is 31.2. The summed E-state index contributed by atoms with van der Waals surface area (Å²) in [5.41, 5.74) is 0. The van der Waals surface area contributed by atoms with Crippen molar-refractivity contribution in [3.8, 4) is 0 Å². The number of carbonyl (C=O) groups is 4. The predicted octanol–water partition coefficient (Wildman–Crippen LogP) is 23.2. The van der Waals surface area contributed by atoms with E-state index in [0.29, 0.717) is 31.6 Å². The number of rotatable bonds is 76. The molecule has 0 saturated heterocycles. The van der Waals surface area contributed by atoms with Crippen LogP contribution >= 0.6 is 15.6 Å². The van der Waals surface area contributed by atoms with Crippen molar-refractivity contribution in [3.05, 3.63) is 0 Å². The van der Waals surface area contributed by atoms with E-state index >= 15 is 0 Å². The second kappa shape index (κ2) is 68.2. The van der Waals surface area contributed by atoms with E-state index in [9.17, 15) is 43.2 Å². The van der Waals surface area contributed by atoms with Gasteiger partial charge in [0.05, 0.1) is 26.4 Å². The standard InChI is InChI=1S/C79H154O17P2/c1-9-72(8)58-50-42-36-38-44-52-60-77(82)90-66-75(96-79(84)62-54-46-37-35-41-49-57-71(6)7)68-94-98(87,88)92-64-73(80)63-91-97(85,86)93-67-74(65-89-76(81)59-51-43-33-29-25-21-18-14-16-20-24-28-32-40-48-56-70(4)5)95-78(83)61-53-45-34-30-26-22-17-13-11-10-12-15-19-23-27-31-39-47-55-69(2)3/h69-75,80H,9-68H2,1-8H3,(H,85,86)(H,87,88)/t72?,73-,74-,75-/m1/s1. The van der Waals surface area contributed by atoms with Crippen LogP contribution in [0.2, 0.25) is 0 Å². The summed E-state index contributed by atoms with van der Waals surface area (Å²) in [5.74, 6) is 0.904. The molecular weight excluding hydrogens is 1280 g/mol. The molecule has 0 aromatic heterocycles. The maximum absolute atomic E-state index is 13.1. The molecule has 0 spiro atoms. The first-order chi connectivity index (χ1) is 47.1. The first-order valence-electron chi connectivity index (χ1n) is 40.7. The smallest absolute Gasteiger partial charge is 0.462 e. The van der Waals surface area contributed by atoms with Crippen LogP contribution in [0.5, 0.6) is 0 Å². The summed E-state index contributed by atoms with van der Waals surface area (Å²) in [7, 11) is -9.91. The Labute approximate surface area is 600 Å². The van der Waals surface area contributed by atoms with E-state index in [4.69, 9.17) is 37.0 Å². The molecule has 0 saturated carbocycles. The fourth-order valence-electron chi connectivity index (χ4n) is 12.0. The molecule has 0 bridgehead atoms. The first kappa shape index (κ1) is 96.1. The lowest BCUT2D eigenvalue weighted by Crippen LogP contribution is -2.30. The largest absolute Gasteiger partial charge is 0.472 e. The number of carbonyl (C=O) groups excluding carboxylic acids is 4. The van der Waals surface area contributed by atoms with E-state index in [0.717, 1.165) is 114 Å². The molecule has 98 heavy (non-hydrogen) atoms. The molecule has 0 aromatic carbocycles. The molecule has 0 aliphatic heterocycles. The van der Waals surface area contributed by atoms with Gasteiger partial charge in [0.1, 0.15) is 19.3 Å². The molecule has 3 unspecified atom stereocenters. The van der Waals surface area contributed by atoms with Crippen LogP contribution < -0.4 is 0 Å². The molecule has 0 aromatic rings. The minimum Gasteiger partial charge on any atom is -0.462 e. The second-order valence-electron chi connectivity index (χ2n) is 30.1. The fraction of sp³-hybridized carbons (Fsp3) is 0.949. The average molecular weight is 1440 g/mol. The van der Waals surface area contributed by atoms with Crippen LogP contribution in [0.25, 0.3) is 0 Å². The zero-order valence-electron chi connectivity index (χ0n) is 64.4. The van der Waals surface area contributed by atoms with Crippen LogP contribution in [0.4, 0.5) is 0 Å². The van der Waals surface area contributed by atoms with Crippen molar-refractivity contribution in [2.24, 2.45) is 23.7 Å². The number of hydrogen-bond donors (Lipinski definition) is 3. The van der Waals surface area contributed by atoms with Crippen LogP contribution in [0.3, 0.4) is 0 Å². The van der Waals surface area contributed by atoms with Crippen molar-refractivity contribution < 1.29 is 80.2 Å². The van der Waals surface area contributed by atoms with Crippen molar-refractivity contribution in [2.75, 3.05) is 39.6 Å². The van der Waals surface area contributed by atoms with Gasteiger partial charge in [-0.2, -0.15) is 0 Å². The number of hydrogen-bond acceptors (Lipinski definition) is 15. The van der Waals surface area contributed by atoms with Crippen LogP contribution in [-0.2, 0) is 65.4 Å². The van der Waals surface area contributed by atoms with E-state index in [-0.39, 0.29) is 25.7 Å². The summed E-state index contributed by atoms with van der Waals surface area (Å²) in [5, 5.41) is 10.6. The molecule has 0 fully saturated rings. The van der Waals surface area contributed by atoms with Gasteiger partial charge in [-0.15, -0.1) is 0 Å². The first-order valence-corrected chi connectivity index (χ1v) is 43.7. The molecule has 0 radical (unpaired) electrons. The number of ether oxygens (including phenoxy) is 4. The average Bonchev–Trinajstić information content (AvgIpc) is 0.976. The quantitative estimate of drug-likeness (QED) is 0.0222. The minimum absolute atomic E-state index is 0.101. The molecule has 0 aliphatic carbocycles. The lowest BCUT2D eigenvalue weighted by molar-refractivity contribution is -0.161. The van der Waals surface area contributed by atoms with E-state index in [1.54, 1.807) is 0 Å². The highest BCUT2D eigenvalue weighted by molar-refractivity contribution is 7.47. The van der Waals surface area contributed by atoms with E-state index < -0.39 is 97.5 Å². The van der Waals surface area contributed by atoms with Gasteiger partial charge in [-0.1, -0.05) is 351 Å². The Kier molecular flexibility index (Phi) is 66.8. The monoisotopic (exact) mass is 1440 g/mol. The zero-order chi connectivity index (χ0) is 72.4. The van der Waals surface area contributed by atoms with Gasteiger partial charge < -0.3 is 33.8 Å². The Balaban J connectivity index is 5.19. The summed E-state index contributed by atoms with van der Waals surface area (Å²) in [4.78, 5) is 72.8. The molecule has 0 aliphatic rings. The fourth-order valence-corrected chi connectivity index (χ4v) is 13.6. The highest BCUT2D eigenvalue weighted by Gasteiger charge is 2.30. The molecule has 0 rings (SSSR count). The topological polar surface area (TPSA) is 237 Å². The summed E-state index contributed by atoms with van der Waals surface area (Å²) in [6, 6.07) is 0. The van der Waals surface area contributed by atoms with E-state index in [2.05, 4.69) is 55.4 Å². The number of esters is 4. The maximum Gasteiger partial charge on any atom is 0.472 e. The van der Waals surface area contributed by atoms with Crippen molar-refractivity contribution in [1.82, 2.24) is 0 Å². The van der Waals surface area contributed by atoms with Gasteiger partial charge >= 0.3 is 39.5 Å². The second-order valence-corrected chi connectivity index (χ2v) is 33.0. The minimum atomic E-state index is -4.96. The summed E-state index contributed by atoms with van der Waals surface area (Å²) in [6.07, 6.45) is 54.5. The number of phosphoric ester groups is 2. The molecule has 6 atom stereocenters. The third kappa shape index (κ3) is 71.1. The van der Waals surface area contributed by atoms with Crippen molar-refractivity contribution >= 4 is 39.5 Å². The molecule has 17 nitrogen and oxygen atoms in total. The van der Waals surface area contributed by atoms with Crippen LogP contribution in [0, 0.1) is 23.7 Å². The summed E-state index contributed by atoms with van der Waals surface area (Å²) >= 11 is 0. The normalized spacial score (nSPS) is 14.3. The number of phosphoric acid groups is 2. The van der Waals surface area contributed by atoms with Crippen LogP contribution in [0.1, 0.15) is 402 Å². The van der Waals surface area contributed by atoms with E-state index in [1.165, 1.54) is 199 Å². The Morgan fingerprint density at radius 3 is 0.724 bits per heavy atom. The number of aliphatic hydroxyl groups excluding tert-OH is 1. The molecule has 0 amide bonds. The van der Waals surface area contributed by atoms with Crippen molar-refractivity contribution in [3.63, 3.8) is 0 Å². The summed E-state index contributed by atoms with van der Waals surface area (Å²) in [6.45, 7) is 14.1. The molecular formula is C79H154O17P2. The van der Waals surface area contributed by atoms with Gasteiger partial charge in [-0.3, -0.25) is 37.3 Å². The Morgan fingerprint density at radius 1 is 0.286 bits per heavy atom. The number of unbranched alkanes of at least 4 members (excludes halogenated alkanes) is 41. The molecule has 582 valence electrons. The third-order valence-electron chi connectivity index (χ3n) is 18.7. The van der Waals surface area contributed by atoms with Crippen molar-refractivity contribution in [1.29, 1.82) is 0 Å². The Morgan fingerprint density at radius 2 is 0.490 bits per heavy atom. The zero-order valence-corrected chi connectivity index (χ0v) is 66.2. The number of aliphatic hydroxyl groups is 1. The van der Waals surface area contributed by atoms with Gasteiger partial charge in [0.25, 0.3) is 0 Å². The van der Waals surface area contributed by atoms with Crippen LogP contribution in [0.15, 0.2) is 0 Å².